The molecule has 0 spiro atoms. The molecule has 1 aliphatic rings. The van der Waals surface area contributed by atoms with Gasteiger partial charge in [-0.15, -0.1) is 0 Å². The lowest BCUT2D eigenvalue weighted by atomic mass is 10.0. The van der Waals surface area contributed by atoms with Crippen LogP contribution in [-0.2, 0) is 4.79 Å². The van der Waals surface area contributed by atoms with Crippen LogP contribution in [-0.4, -0.2) is 32.7 Å². The first-order valence-corrected chi connectivity index (χ1v) is 11.9. The van der Waals surface area contributed by atoms with E-state index in [1.807, 2.05) is 73.9 Å². The highest BCUT2D eigenvalue weighted by Crippen LogP contribution is 2.43. The zero-order valence-electron chi connectivity index (χ0n) is 20.2. The van der Waals surface area contributed by atoms with Crippen LogP contribution >= 0.6 is 12.2 Å². The normalized spacial score (nSPS) is 17.1. The number of carbonyl (C=O) groups is 1. The summed E-state index contributed by atoms with van der Waals surface area (Å²) >= 11 is 5.86. The van der Waals surface area contributed by atoms with Crippen LogP contribution in [0.2, 0.25) is 0 Å². The highest BCUT2D eigenvalue weighted by molar-refractivity contribution is 7.80. The van der Waals surface area contributed by atoms with Crippen molar-refractivity contribution in [2.45, 2.75) is 25.9 Å². The van der Waals surface area contributed by atoms with Gasteiger partial charge < -0.3 is 24.8 Å². The minimum absolute atomic E-state index is 0.185. The lowest BCUT2D eigenvalue weighted by molar-refractivity contribution is -0.114. The lowest BCUT2D eigenvalue weighted by Gasteiger charge is -2.29. The Morgan fingerprint density at radius 1 is 1.11 bits per heavy atom. The predicted octanol–water partition coefficient (Wildman–Crippen LogP) is 4.72. The van der Waals surface area contributed by atoms with Crippen molar-refractivity contribution in [2.24, 2.45) is 0 Å². The van der Waals surface area contributed by atoms with Crippen molar-refractivity contribution in [1.82, 2.24) is 19.9 Å². The van der Waals surface area contributed by atoms with Gasteiger partial charge in [0, 0.05) is 36.9 Å². The van der Waals surface area contributed by atoms with Crippen LogP contribution in [0.15, 0.2) is 79.3 Å². The summed E-state index contributed by atoms with van der Waals surface area (Å²) in [4.78, 5) is 23.2. The number of methoxy groups -OCH3 is 1. The van der Waals surface area contributed by atoms with Gasteiger partial charge >= 0.3 is 0 Å². The van der Waals surface area contributed by atoms with E-state index in [1.165, 1.54) is 6.92 Å². The minimum Gasteiger partial charge on any atom is -0.495 e. The molecular weight excluding hydrogens is 472 g/mol. The summed E-state index contributed by atoms with van der Waals surface area (Å²) in [6, 6.07) is 19.1. The van der Waals surface area contributed by atoms with Gasteiger partial charge in [0.2, 0.25) is 5.91 Å². The second kappa shape index (κ2) is 9.79. The topological polar surface area (TPSA) is 84.3 Å². The number of pyridine rings is 2. The third-order valence-corrected chi connectivity index (χ3v) is 6.41. The number of carbonyl (C=O) groups excluding carboxylic acids is 1. The largest absolute Gasteiger partial charge is 0.495 e. The molecule has 4 aromatic rings. The third-order valence-electron chi connectivity index (χ3n) is 6.10. The summed E-state index contributed by atoms with van der Waals surface area (Å²) in [7, 11) is 1.57. The molecular formula is C27H26N6O2S. The number of hydrogen-bond donors (Lipinski definition) is 2. The first-order chi connectivity index (χ1) is 17.5. The Labute approximate surface area is 215 Å². The molecule has 0 aliphatic carbocycles. The van der Waals surface area contributed by atoms with E-state index in [2.05, 4.69) is 36.1 Å². The molecule has 1 aliphatic heterocycles. The monoisotopic (exact) mass is 498 g/mol. The second-order valence-corrected chi connectivity index (χ2v) is 8.95. The van der Waals surface area contributed by atoms with Crippen LogP contribution in [0.25, 0.3) is 5.82 Å². The van der Waals surface area contributed by atoms with E-state index in [4.69, 9.17) is 17.0 Å². The van der Waals surface area contributed by atoms with E-state index < -0.39 is 0 Å². The Morgan fingerprint density at radius 3 is 2.67 bits per heavy atom. The first-order valence-electron chi connectivity index (χ1n) is 11.5. The number of thiocarbonyl (C=S) groups is 1. The number of hydrogen-bond acceptors (Lipinski definition) is 5. The average molecular weight is 499 g/mol. The molecule has 0 bridgehead atoms. The van der Waals surface area contributed by atoms with E-state index >= 15 is 0 Å². The number of benzene rings is 1. The number of anilines is 2. The molecule has 5 rings (SSSR count). The summed E-state index contributed by atoms with van der Waals surface area (Å²) in [5.41, 5.74) is 4.33. The van der Waals surface area contributed by atoms with Gasteiger partial charge in [-0.2, -0.15) is 0 Å². The lowest BCUT2D eigenvalue weighted by Crippen LogP contribution is -2.30. The number of ether oxygens (including phenoxy) is 1. The summed E-state index contributed by atoms with van der Waals surface area (Å²) in [5.74, 6) is 1.19. The standard InChI is InChI=1S/C27H26N6O2S/c1-17-9-12-24(29-16-17)32-14-6-8-22(32)26-25(20-7-4-5-13-28-20)31-27(36)33(26)19-10-11-23(35-3)21(15-19)30-18(2)34/h4-16,25-26H,1-3H3,(H,30,34)(H,31,36)/t25-,26+/m0/s1. The Hall–Kier alpha value is -4.24. The zero-order chi connectivity index (χ0) is 25.2. The van der Waals surface area contributed by atoms with Gasteiger partial charge in [0.05, 0.1) is 24.5 Å². The van der Waals surface area contributed by atoms with E-state index in [0.717, 1.165) is 28.5 Å². The molecule has 8 nitrogen and oxygen atoms in total. The maximum atomic E-state index is 11.9. The van der Waals surface area contributed by atoms with Crippen molar-refractivity contribution in [3.8, 4) is 11.6 Å². The fraction of sp³-hybridized carbons (Fsp3) is 0.185. The summed E-state index contributed by atoms with van der Waals surface area (Å²) < 4.78 is 7.53. The predicted molar refractivity (Wildman–Crippen MR) is 144 cm³/mol. The van der Waals surface area contributed by atoms with Crippen LogP contribution in [0.3, 0.4) is 0 Å². The van der Waals surface area contributed by atoms with Gasteiger partial charge in [0.25, 0.3) is 0 Å². The van der Waals surface area contributed by atoms with Gasteiger partial charge in [-0.05, 0) is 73.2 Å². The van der Waals surface area contributed by atoms with Crippen molar-refractivity contribution < 1.29 is 9.53 Å². The van der Waals surface area contributed by atoms with Crippen molar-refractivity contribution >= 4 is 34.6 Å². The van der Waals surface area contributed by atoms with Crippen LogP contribution in [0, 0.1) is 6.92 Å². The molecule has 36 heavy (non-hydrogen) atoms. The van der Waals surface area contributed by atoms with Gasteiger partial charge in [-0.1, -0.05) is 12.1 Å². The highest BCUT2D eigenvalue weighted by atomic mass is 32.1. The van der Waals surface area contributed by atoms with Crippen LogP contribution < -0.4 is 20.3 Å². The van der Waals surface area contributed by atoms with E-state index in [9.17, 15) is 4.79 Å². The summed E-state index contributed by atoms with van der Waals surface area (Å²) in [5, 5.41) is 6.89. The molecule has 182 valence electrons. The number of aryl methyl sites for hydroxylation is 1. The second-order valence-electron chi connectivity index (χ2n) is 8.56. The summed E-state index contributed by atoms with van der Waals surface area (Å²) in [6.45, 7) is 3.48. The maximum absolute atomic E-state index is 11.9. The van der Waals surface area contributed by atoms with E-state index in [0.29, 0.717) is 16.5 Å². The van der Waals surface area contributed by atoms with Crippen molar-refractivity contribution in [1.29, 1.82) is 0 Å². The van der Waals surface area contributed by atoms with Crippen molar-refractivity contribution in [3.05, 3.63) is 96.2 Å². The number of nitrogens with zero attached hydrogens (tertiary/aromatic N) is 4. The highest BCUT2D eigenvalue weighted by Gasteiger charge is 2.42. The van der Waals surface area contributed by atoms with Crippen LogP contribution in [0.5, 0.6) is 5.75 Å². The average Bonchev–Trinajstić information content (AvgIpc) is 3.49. The molecule has 1 aromatic carbocycles. The number of rotatable bonds is 6. The van der Waals surface area contributed by atoms with Gasteiger partial charge in [0.15, 0.2) is 5.11 Å². The van der Waals surface area contributed by atoms with Gasteiger partial charge in [-0.25, -0.2) is 4.98 Å². The molecule has 0 saturated carbocycles. The fourth-order valence-corrected chi connectivity index (χ4v) is 4.86. The molecule has 4 heterocycles. The molecule has 2 atom stereocenters. The number of nitrogens with one attached hydrogen (secondary N) is 2. The molecule has 1 fully saturated rings. The molecule has 9 heteroatoms. The number of amides is 1. The molecule has 0 radical (unpaired) electrons. The SMILES string of the molecule is COc1ccc(N2C(=S)N[C@@H](c3ccccn3)[C@H]2c2cccn2-c2ccc(C)cn2)cc1NC(C)=O. The maximum Gasteiger partial charge on any atom is 0.221 e. The quantitative estimate of drug-likeness (QED) is 0.372. The molecule has 0 unspecified atom stereocenters. The first kappa shape index (κ1) is 23.5. The van der Waals surface area contributed by atoms with Crippen LogP contribution in [0.1, 0.15) is 36.0 Å². The van der Waals surface area contributed by atoms with Gasteiger partial charge in [-0.3, -0.25) is 9.78 Å². The molecule has 2 N–H and O–H groups in total. The molecule has 3 aromatic heterocycles. The zero-order valence-corrected chi connectivity index (χ0v) is 21.0. The smallest absolute Gasteiger partial charge is 0.221 e. The van der Waals surface area contributed by atoms with Crippen LogP contribution in [0.4, 0.5) is 11.4 Å². The van der Waals surface area contributed by atoms with Gasteiger partial charge in [0.1, 0.15) is 17.6 Å². The summed E-state index contributed by atoms with van der Waals surface area (Å²) in [6.07, 6.45) is 5.63. The van der Waals surface area contributed by atoms with Crippen molar-refractivity contribution in [2.75, 3.05) is 17.3 Å². The minimum atomic E-state index is -0.246. The Kier molecular flexibility index (Phi) is 6.39. The molecule has 1 amide bonds. The van der Waals surface area contributed by atoms with E-state index in [-0.39, 0.29) is 18.0 Å². The number of aromatic nitrogens is 3. The Bertz CT molecular complexity index is 1400. The van der Waals surface area contributed by atoms with E-state index in [1.54, 1.807) is 13.3 Å². The Morgan fingerprint density at radius 2 is 1.97 bits per heavy atom. The fourth-order valence-electron chi connectivity index (χ4n) is 4.51. The third kappa shape index (κ3) is 4.40. The molecule has 1 saturated heterocycles. The van der Waals surface area contributed by atoms with Crippen molar-refractivity contribution in [3.63, 3.8) is 0 Å². The Balaban J connectivity index is 1.66.